The predicted molar refractivity (Wildman–Crippen MR) is 131 cm³/mol. The minimum absolute atomic E-state index is 0.0538. The Labute approximate surface area is 202 Å². The van der Waals surface area contributed by atoms with Crippen LogP contribution < -0.4 is 4.74 Å². The number of carbonyl (C=O) groups is 1. The van der Waals surface area contributed by atoms with Crippen molar-refractivity contribution in [3.8, 4) is 28.5 Å². The quantitative estimate of drug-likeness (QED) is 0.318. The number of para-hydroxylation sites is 1. The van der Waals surface area contributed by atoms with Crippen LogP contribution in [0.15, 0.2) is 72.8 Å². The highest BCUT2D eigenvalue weighted by atomic mass is 35.5. The van der Waals surface area contributed by atoms with Crippen molar-refractivity contribution < 1.29 is 14.6 Å². The van der Waals surface area contributed by atoms with Crippen LogP contribution in [0.2, 0.25) is 5.02 Å². The molecule has 0 bridgehead atoms. The topological polar surface area (TPSA) is 78.5 Å². The van der Waals surface area contributed by atoms with E-state index in [0.29, 0.717) is 34.3 Å². The molecule has 1 aliphatic heterocycles. The maximum atomic E-state index is 13.4. The Hall–Kier alpha value is -3.77. The molecule has 34 heavy (non-hydrogen) atoms. The highest BCUT2D eigenvalue weighted by Crippen LogP contribution is 2.45. The van der Waals surface area contributed by atoms with Gasteiger partial charge in [-0.15, -0.1) is 0 Å². The monoisotopic (exact) mass is 473 g/mol. The number of phenols is 1. The van der Waals surface area contributed by atoms with E-state index in [-0.39, 0.29) is 17.7 Å². The number of carbonyl (C=O) groups excluding carboxylic acids is 1. The van der Waals surface area contributed by atoms with E-state index in [2.05, 4.69) is 17.1 Å². The van der Waals surface area contributed by atoms with Crippen LogP contribution in [-0.4, -0.2) is 32.7 Å². The first-order valence-corrected chi connectivity index (χ1v) is 11.7. The third kappa shape index (κ3) is 4.01. The molecule has 1 aliphatic rings. The molecule has 3 aromatic carbocycles. The molecule has 1 aromatic heterocycles. The van der Waals surface area contributed by atoms with Gasteiger partial charge in [-0.1, -0.05) is 55.3 Å². The fourth-order valence-electron chi connectivity index (χ4n) is 4.38. The molecule has 1 atom stereocenters. The lowest BCUT2D eigenvalue weighted by molar-refractivity contribution is 0.0741. The number of benzene rings is 3. The first-order valence-electron chi connectivity index (χ1n) is 11.3. The number of aromatic nitrogens is 2. The van der Waals surface area contributed by atoms with E-state index < -0.39 is 0 Å². The summed E-state index contributed by atoms with van der Waals surface area (Å²) in [6.07, 6.45) is 1.83. The van der Waals surface area contributed by atoms with Gasteiger partial charge in [0, 0.05) is 22.7 Å². The lowest BCUT2D eigenvalue weighted by Gasteiger charge is -2.26. The normalized spacial score (nSPS) is 14.9. The molecule has 0 saturated heterocycles. The van der Waals surface area contributed by atoms with Gasteiger partial charge in [0.05, 0.1) is 6.04 Å². The van der Waals surface area contributed by atoms with Crippen molar-refractivity contribution in [1.29, 1.82) is 0 Å². The van der Waals surface area contributed by atoms with Crippen LogP contribution in [0.4, 0.5) is 0 Å². The second-order valence-corrected chi connectivity index (χ2v) is 8.70. The maximum absolute atomic E-state index is 13.4. The van der Waals surface area contributed by atoms with Gasteiger partial charge >= 0.3 is 0 Å². The Bertz CT molecular complexity index is 1340. The number of H-pyrrole nitrogens is 1. The first-order chi connectivity index (χ1) is 16.6. The number of aromatic amines is 1. The van der Waals surface area contributed by atoms with Gasteiger partial charge in [0.2, 0.25) is 0 Å². The van der Waals surface area contributed by atoms with Gasteiger partial charge in [-0.05, 0) is 54.4 Å². The highest BCUT2D eigenvalue weighted by molar-refractivity contribution is 6.31. The molecule has 0 fully saturated rings. The molecule has 1 unspecified atom stereocenters. The molecule has 7 heteroatoms. The molecule has 0 aliphatic carbocycles. The van der Waals surface area contributed by atoms with Crippen LogP contribution in [0.1, 0.15) is 47.4 Å². The molecular formula is C27H24ClN3O3. The zero-order valence-corrected chi connectivity index (χ0v) is 19.4. The van der Waals surface area contributed by atoms with E-state index in [1.54, 1.807) is 12.1 Å². The standard InChI is InChI=1S/C27H24ClN3O3/c1-2-3-14-31-26(17-8-7-11-20(15-17)34-19-9-5-4-6-10-19)23-24(29-30-25(23)27(31)33)21-16-18(28)12-13-22(21)32/h4-13,15-16,26,32H,2-3,14H2,1H3,(H,29,30). The second-order valence-electron chi connectivity index (χ2n) is 8.26. The number of ether oxygens (including phenoxy) is 1. The summed E-state index contributed by atoms with van der Waals surface area (Å²) in [7, 11) is 0. The Morgan fingerprint density at radius 2 is 1.85 bits per heavy atom. The molecule has 4 aromatic rings. The first kappa shape index (κ1) is 22.0. The van der Waals surface area contributed by atoms with Crippen molar-refractivity contribution in [2.75, 3.05) is 6.54 Å². The zero-order chi connectivity index (χ0) is 23.7. The highest BCUT2D eigenvalue weighted by Gasteiger charge is 2.42. The number of rotatable bonds is 7. The van der Waals surface area contributed by atoms with Gasteiger partial charge in [-0.3, -0.25) is 9.89 Å². The summed E-state index contributed by atoms with van der Waals surface area (Å²) in [6.45, 7) is 2.70. The van der Waals surface area contributed by atoms with Gasteiger partial charge in [-0.25, -0.2) is 0 Å². The van der Waals surface area contributed by atoms with E-state index in [1.807, 2.05) is 59.5 Å². The summed E-state index contributed by atoms with van der Waals surface area (Å²) in [4.78, 5) is 15.3. The number of fused-ring (bicyclic) bond motifs is 1. The fraction of sp³-hybridized carbons (Fsp3) is 0.185. The third-order valence-electron chi connectivity index (χ3n) is 5.98. The molecular weight excluding hydrogens is 450 g/mol. The van der Waals surface area contributed by atoms with Crippen molar-refractivity contribution in [3.63, 3.8) is 0 Å². The molecule has 0 saturated carbocycles. The van der Waals surface area contributed by atoms with Gasteiger partial charge in [0.25, 0.3) is 5.91 Å². The number of aromatic hydroxyl groups is 1. The van der Waals surface area contributed by atoms with Crippen LogP contribution in [0.5, 0.6) is 17.2 Å². The summed E-state index contributed by atoms with van der Waals surface area (Å²) >= 11 is 6.22. The average Bonchev–Trinajstić information content (AvgIpc) is 3.39. The smallest absolute Gasteiger partial charge is 0.273 e. The van der Waals surface area contributed by atoms with E-state index in [4.69, 9.17) is 16.3 Å². The lowest BCUT2D eigenvalue weighted by atomic mass is 9.95. The number of phenolic OH excluding ortho intramolecular Hbond substituents is 1. The van der Waals surface area contributed by atoms with E-state index in [9.17, 15) is 9.90 Å². The van der Waals surface area contributed by atoms with Crippen LogP contribution in [-0.2, 0) is 0 Å². The van der Waals surface area contributed by atoms with Crippen LogP contribution in [0.3, 0.4) is 0 Å². The van der Waals surface area contributed by atoms with Gasteiger partial charge in [0.1, 0.15) is 28.6 Å². The van der Waals surface area contributed by atoms with E-state index in [0.717, 1.165) is 29.7 Å². The van der Waals surface area contributed by atoms with Crippen LogP contribution in [0, 0.1) is 0 Å². The summed E-state index contributed by atoms with van der Waals surface area (Å²) in [5.74, 6) is 1.36. The summed E-state index contributed by atoms with van der Waals surface area (Å²) in [5, 5.41) is 18.4. The Morgan fingerprint density at radius 3 is 2.65 bits per heavy atom. The molecule has 0 spiro atoms. The molecule has 2 heterocycles. The van der Waals surface area contributed by atoms with Gasteiger partial charge in [0.15, 0.2) is 0 Å². The number of nitrogens with zero attached hydrogens (tertiary/aromatic N) is 2. The zero-order valence-electron chi connectivity index (χ0n) is 18.7. The Kier molecular flexibility index (Phi) is 5.99. The van der Waals surface area contributed by atoms with Gasteiger partial charge < -0.3 is 14.7 Å². The minimum Gasteiger partial charge on any atom is -0.507 e. The largest absolute Gasteiger partial charge is 0.507 e. The Balaban J connectivity index is 1.61. The summed E-state index contributed by atoms with van der Waals surface area (Å²) in [6, 6.07) is 21.8. The molecule has 1 amide bonds. The van der Waals surface area contributed by atoms with Crippen molar-refractivity contribution >= 4 is 17.5 Å². The van der Waals surface area contributed by atoms with Gasteiger partial charge in [-0.2, -0.15) is 5.10 Å². The van der Waals surface area contributed by atoms with Crippen molar-refractivity contribution in [1.82, 2.24) is 15.1 Å². The molecule has 2 N–H and O–H groups in total. The Morgan fingerprint density at radius 1 is 1.06 bits per heavy atom. The fourth-order valence-corrected chi connectivity index (χ4v) is 4.55. The SMILES string of the molecule is CCCCN1C(=O)c2[nH]nc(-c3cc(Cl)ccc3O)c2C1c1cccc(Oc2ccccc2)c1. The summed E-state index contributed by atoms with van der Waals surface area (Å²) in [5.41, 5.74) is 3.07. The number of hydrogen-bond donors (Lipinski definition) is 2. The number of hydrogen-bond acceptors (Lipinski definition) is 4. The second kappa shape index (κ2) is 9.23. The number of unbranched alkanes of at least 4 members (excludes halogenated alkanes) is 1. The van der Waals surface area contributed by atoms with Crippen molar-refractivity contribution in [3.05, 3.63) is 94.6 Å². The third-order valence-corrected chi connectivity index (χ3v) is 6.22. The molecule has 5 rings (SSSR count). The van der Waals surface area contributed by atoms with E-state index in [1.165, 1.54) is 6.07 Å². The van der Waals surface area contributed by atoms with E-state index >= 15 is 0 Å². The summed E-state index contributed by atoms with van der Waals surface area (Å²) < 4.78 is 6.06. The maximum Gasteiger partial charge on any atom is 0.273 e. The molecule has 6 nitrogen and oxygen atoms in total. The lowest BCUT2D eigenvalue weighted by Crippen LogP contribution is -2.30. The number of amides is 1. The minimum atomic E-state index is -0.375. The predicted octanol–water partition coefficient (Wildman–Crippen LogP) is 6.57. The van der Waals surface area contributed by atoms with Crippen molar-refractivity contribution in [2.24, 2.45) is 0 Å². The average molecular weight is 474 g/mol. The van der Waals surface area contributed by atoms with Crippen LogP contribution in [0.25, 0.3) is 11.3 Å². The van der Waals surface area contributed by atoms with Crippen LogP contribution >= 0.6 is 11.6 Å². The molecule has 172 valence electrons. The number of nitrogens with one attached hydrogen (secondary N) is 1. The molecule has 0 radical (unpaired) electrons. The number of halogens is 1. The van der Waals surface area contributed by atoms with Crippen molar-refractivity contribution in [2.45, 2.75) is 25.8 Å².